The van der Waals surface area contributed by atoms with Crippen molar-refractivity contribution in [1.29, 1.82) is 0 Å². The van der Waals surface area contributed by atoms with Gasteiger partial charge in [-0.25, -0.2) is 15.0 Å². The Morgan fingerprint density at radius 2 is 1.94 bits per heavy atom. The third-order valence-electron chi connectivity index (χ3n) is 6.23. The van der Waals surface area contributed by atoms with E-state index in [0.717, 1.165) is 23.9 Å². The van der Waals surface area contributed by atoms with Crippen LogP contribution in [0.15, 0.2) is 36.8 Å². The molecule has 2 saturated heterocycles. The maximum absolute atomic E-state index is 13.2. The van der Waals surface area contributed by atoms with Gasteiger partial charge < -0.3 is 19.1 Å². The number of morpholine rings is 1. The van der Waals surface area contributed by atoms with Crippen molar-refractivity contribution in [3.05, 3.63) is 53.9 Å². The maximum Gasteiger partial charge on any atom is 0.257 e. The molecule has 4 heterocycles. The number of fused-ring (bicyclic) bond motifs is 1. The number of benzene rings is 1. The van der Waals surface area contributed by atoms with Crippen LogP contribution in [0.4, 0.5) is 0 Å². The SMILES string of the molecule is Cc1nc([C@@H]2CCCN2C(=O)Cn2cnc3ccccc32)ncc1C(=O)N1CCOCC1. The summed E-state index contributed by atoms with van der Waals surface area (Å²) in [6, 6.07) is 7.60. The second-order valence-electron chi connectivity index (χ2n) is 8.24. The molecule has 2 aliphatic heterocycles. The predicted octanol–water partition coefficient (Wildman–Crippen LogP) is 1.97. The summed E-state index contributed by atoms with van der Waals surface area (Å²) in [6.45, 7) is 4.99. The maximum atomic E-state index is 13.2. The molecule has 2 aromatic heterocycles. The monoisotopic (exact) mass is 434 g/mol. The molecule has 2 aliphatic rings. The number of rotatable bonds is 4. The Bertz CT molecular complexity index is 1150. The summed E-state index contributed by atoms with van der Waals surface area (Å²) in [5.41, 5.74) is 2.97. The van der Waals surface area contributed by atoms with Crippen LogP contribution in [-0.4, -0.2) is 74.0 Å². The minimum Gasteiger partial charge on any atom is -0.378 e. The van der Waals surface area contributed by atoms with Crippen LogP contribution in [0.5, 0.6) is 0 Å². The topological polar surface area (TPSA) is 93.5 Å². The van der Waals surface area contributed by atoms with Gasteiger partial charge in [0.15, 0.2) is 5.82 Å². The second-order valence-corrected chi connectivity index (χ2v) is 8.24. The fraction of sp³-hybridized carbons (Fsp3) is 0.435. The smallest absolute Gasteiger partial charge is 0.257 e. The van der Waals surface area contributed by atoms with Crippen LogP contribution in [0.25, 0.3) is 11.0 Å². The Kier molecular flexibility index (Phi) is 5.57. The average molecular weight is 435 g/mol. The van der Waals surface area contributed by atoms with Crippen LogP contribution in [0, 0.1) is 6.92 Å². The lowest BCUT2D eigenvalue weighted by atomic mass is 10.1. The fourth-order valence-electron chi connectivity index (χ4n) is 4.50. The zero-order valence-corrected chi connectivity index (χ0v) is 18.1. The number of nitrogens with zero attached hydrogens (tertiary/aromatic N) is 6. The number of carbonyl (C=O) groups excluding carboxylic acids is 2. The predicted molar refractivity (Wildman–Crippen MR) is 117 cm³/mol. The number of ether oxygens (including phenoxy) is 1. The molecule has 0 bridgehead atoms. The molecule has 9 nitrogen and oxygen atoms in total. The summed E-state index contributed by atoms with van der Waals surface area (Å²) < 4.78 is 7.21. The summed E-state index contributed by atoms with van der Waals surface area (Å²) in [5, 5.41) is 0. The summed E-state index contributed by atoms with van der Waals surface area (Å²) in [5.74, 6) is 0.552. The van der Waals surface area contributed by atoms with E-state index in [0.29, 0.717) is 49.9 Å². The van der Waals surface area contributed by atoms with Gasteiger partial charge in [-0.15, -0.1) is 0 Å². The van der Waals surface area contributed by atoms with Crippen molar-refractivity contribution in [2.24, 2.45) is 0 Å². The lowest BCUT2D eigenvalue weighted by molar-refractivity contribution is -0.132. The molecule has 32 heavy (non-hydrogen) atoms. The van der Waals surface area contributed by atoms with Crippen LogP contribution in [0.2, 0.25) is 0 Å². The number of carbonyl (C=O) groups is 2. The normalized spacial score (nSPS) is 19.0. The summed E-state index contributed by atoms with van der Waals surface area (Å²) in [4.78, 5) is 43.1. The molecule has 1 atom stereocenters. The molecule has 2 amide bonds. The quantitative estimate of drug-likeness (QED) is 0.623. The first-order valence-electron chi connectivity index (χ1n) is 11.0. The first-order valence-corrected chi connectivity index (χ1v) is 11.0. The van der Waals surface area contributed by atoms with Crippen molar-refractivity contribution >= 4 is 22.8 Å². The highest BCUT2D eigenvalue weighted by Crippen LogP contribution is 2.30. The van der Waals surface area contributed by atoms with Gasteiger partial charge in [0.05, 0.1) is 47.9 Å². The number of likely N-dealkylation sites (tertiary alicyclic amines) is 1. The Balaban J connectivity index is 1.33. The van der Waals surface area contributed by atoms with E-state index < -0.39 is 0 Å². The second kappa shape index (κ2) is 8.66. The molecule has 1 aromatic carbocycles. The molecule has 0 radical (unpaired) electrons. The molecular formula is C23H26N6O3. The van der Waals surface area contributed by atoms with Gasteiger partial charge >= 0.3 is 0 Å². The molecule has 5 rings (SSSR count). The van der Waals surface area contributed by atoms with E-state index in [2.05, 4.69) is 15.0 Å². The number of para-hydroxylation sites is 2. The van der Waals surface area contributed by atoms with Crippen molar-refractivity contribution in [2.45, 2.75) is 32.4 Å². The van der Waals surface area contributed by atoms with Gasteiger partial charge in [0.25, 0.3) is 5.91 Å². The molecule has 166 valence electrons. The van der Waals surface area contributed by atoms with Gasteiger partial charge in [-0.1, -0.05) is 12.1 Å². The van der Waals surface area contributed by atoms with Gasteiger partial charge in [-0.3, -0.25) is 9.59 Å². The van der Waals surface area contributed by atoms with Crippen LogP contribution in [0.1, 0.15) is 40.8 Å². The number of aryl methyl sites for hydroxylation is 1. The number of aromatic nitrogens is 4. The molecule has 0 N–H and O–H groups in total. The molecule has 0 saturated carbocycles. The minimum atomic E-state index is -0.177. The highest BCUT2D eigenvalue weighted by Gasteiger charge is 2.33. The highest BCUT2D eigenvalue weighted by atomic mass is 16.5. The zero-order chi connectivity index (χ0) is 22.1. The van der Waals surface area contributed by atoms with Crippen LogP contribution in [-0.2, 0) is 16.1 Å². The molecule has 9 heteroatoms. The fourth-order valence-corrected chi connectivity index (χ4v) is 4.50. The van der Waals surface area contributed by atoms with Crippen molar-refractivity contribution in [3.63, 3.8) is 0 Å². The first kappa shape index (κ1) is 20.6. The molecule has 0 spiro atoms. The number of amides is 2. The minimum absolute atomic E-state index is 0.0189. The Morgan fingerprint density at radius 3 is 2.75 bits per heavy atom. The molecular weight excluding hydrogens is 408 g/mol. The third kappa shape index (κ3) is 3.84. The van der Waals surface area contributed by atoms with Crippen molar-refractivity contribution in [3.8, 4) is 0 Å². The van der Waals surface area contributed by atoms with E-state index in [1.165, 1.54) is 0 Å². The largest absolute Gasteiger partial charge is 0.378 e. The number of hydrogen-bond donors (Lipinski definition) is 0. The molecule has 0 aliphatic carbocycles. The van der Waals surface area contributed by atoms with Crippen molar-refractivity contribution in [1.82, 2.24) is 29.3 Å². The van der Waals surface area contributed by atoms with E-state index in [1.807, 2.05) is 40.7 Å². The van der Waals surface area contributed by atoms with Crippen LogP contribution in [0.3, 0.4) is 0 Å². The standard InChI is InChI=1S/C23H26N6O3/c1-16-17(23(31)27-9-11-32-12-10-27)13-24-22(26-16)20-7-4-8-29(20)21(30)14-28-15-25-18-5-2-3-6-19(18)28/h2-3,5-6,13,15,20H,4,7-12,14H2,1H3/t20-/m0/s1. The van der Waals surface area contributed by atoms with Crippen LogP contribution >= 0.6 is 0 Å². The van der Waals surface area contributed by atoms with E-state index in [-0.39, 0.29) is 24.4 Å². The summed E-state index contributed by atoms with van der Waals surface area (Å²) >= 11 is 0. The molecule has 3 aromatic rings. The Morgan fingerprint density at radius 1 is 1.12 bits per heavy atom. The number of hydrogen-bond acceptors (Lipinski definition) is 6. The third-order valence-corrected chi connectivity index (χ3v) is 6.23. The first-order chi connectivity index (χ1) is 15.6. The highest BCUT2D eigenvalue weighted by molar-refractivity contribution is 5.95. The molecule has 0 unspecified atom stereocenters. The van der Waals surface area contributed by atoms with E-state index in [9.17, 15) is 9.59 Å². The average Bonchev–Trinajstić information content (AvgIpc) is 3.47. The van der Waals surface area contributed by atoms with Gasteiger partial charge in [0.2, 0.25) is 5.91 Å². The zero-order valence-electron chi connectivity index (χ0n) is 18.1. The van der Waals surface area contributed by atoms with Gasteiger partial charge in [0.1, 0.15) is 6.54 Å². The Hall–Kier alpha value is -3.33. The van der Waals surface area contributed by atoms with Crippen molar-refractivity contribution in [2.75, 3.05) is 32.8 Å². The van der Waals surface area contributed by atoms with Crippen LogP contribution < -0.4 is 0 Å². The number of imidazole rings is 1. The van der Waals surface area contributed by atoms with E-state index >= 15 is 0 Å². The summed E-state index contributed by atoms with van der Waals surface area (Å²) in [7, 11) is 0. The van der Waals surface area contributed by atoms with Gasteiger partial charge in [-0.05, 0) is 31.9 Å². The van der Waals surface area contributed by atoms with E-state index in [1.54, 1.807) is 17.4 Å². The molecule has 2 fully saturated rings. The Labute approximate surface area is 186 Å². The summed E-state index contributed by atoms with van der Waals surface area (Å²) in [6.07, 6.45) is 5.03. The van der Waals surface area contributed by atoms with Gasteiger partial charge in [0, 0.05) is 25.8 Å². The van der Waals surface area contributed by atoms with Gasteiger partial charge in [-0.2, -0.15) is 0 Å². The van der Waals surface area contributed by atoms with Crippen molar-refractivity contribution < 1.29 is 14.3 Å². The van der Waals surface area contributed by atoms with E-state index in [4.69, 9.17) is 4.74 Å². The lowest BCUT2D eigenvalue weighted by Crippen LogP contribution is -2.41. The lowest BCUT2D eigenvalue weighted by Gasteiger charge is -2.27.